The fourth-order valence-electron chi connectivity index (χ4n) is 4.61. The Hall–Kier alpha value is -1.55. The van der Waals surface area contributed by atoms with Gasteiger partial charge >= 0.3 is 0 Å². The van der Waals surface area contributed by atoms with E-state index in [0.29, 0.717) is 19.0 Å². The molecule has 2 fully saturated rings. The Morgan fingerprint density at radius 3 is 2.59 bits per heavy atom. The minimum absolute atomic E-state index is 0. The second-order valence-electron chi connectivity index (χ2n) is 8.57. The van der Waals surface area contributed by atoms with Crippen LogP contribution in [-0.4, -0.2) is 63.1 Å². The lowest BCUT2D eigenvalue weighted by atomic mass is 9.95. The highest BCUT2D eigenvalue weighted by molar-refractivity contribution is 14.0. The molecular formula is C24H40IN5O2. The molecule has 1 aromatic carbocycles. The minimum atomic E-state index is 0. The van der Waals surface area contributed by atoms with Crippen molar-refractivity contribution in [2.75, 3.05) is 40.3 Å². The molecule has 1 atom stereocenters. The molecule has 1 saturated heterocycles. The molecule has 32 heavy (non-hydrogen) atoms. The normalized spacial score (nSPS) is 18.5. The van der Waals surface area contributed by atoms with Gasteiger partial charge in [-0.1, -0.05) is 31.4 Å². The molecule has 0 bridgehead atoms. The van der Waals surface area contributed by atoms with Gasteiger partial charge in [0, 0.05) is 32.6 Å². The first-order valence-electron chi connectivity index (χ1n) is 11.8. The summed E-state index contributed by atoms with van der Waals surface area (Å²) in [6.07, 6.45) is 8.92. The number of carbonyl (C=O) groups excluding carboxylic acids is 1. The van der Waals surface area contributed by atoms with Gasteiger partial charge in [-0.2, -0.15) is 0 Å². The van der Waals surface area contributed by atoms with E-state index < -0.39 is 0 Å². The highest BCUT2D eigenvalue weighted by Crippen LogP contribution is 2.27. The number of aliphatic imine (C=N–C) groups is 1. The molecule has 1 aliphatic heterocycles. The number of amides is 1. The molecule has 3 N–H and O–H groups in total. The van der Waals surface area contributed by atoms with Crippen molar-refractivity contribution in [1.82, 2.24) is 20.9 Å². The molecule has 0 radical (unpaired) electrons. The largest absolute Gasteiger partial charge is 0.497 e. The molecular weight excluding hydrogens is 517 g/mol. The van der Waals surface area contributed by atoms with E-state index in [-0.39, 0.29) is 35.9 Å². The third-order valence-corrected chi connectivity index (χ3v) is 6.36. The van der Waals surface area contributed by atoms with Crippen LogP contribution < -0.4 is 20.7 Å². The van der Waals surface area contributed by atoms with Crippen LogP contribution in [0.25, 0.3) is 0 Å². The number of guanidine groups is 1. The van der Waals surface area contributed by atoms with Gasteiger partial charge in [-0.15, -0.1) is 24.0 Å². The summed E-state index contributed by atoms with van der Waals surface area (Å²) in [5, 5.41) is 9.93. The van der Waals surface area contributed by atoms with Gasteiger partial charge in [0.25, 0.3) is 0 Å². The SMILES string of the molecule is CN=C(NCCC(=O)NC1CCCCC1)NCC(c1cccc(OC)c1)N1CCCC1.I. The van der Waals surface area contributed by atoms with E-state index in [4.69, 9.17) is 4.74 Å². The van der Waals surface area contributed by atoms with Crippen LogP contribution >= 0.6 is 24.0 Å². The maximum Gasteiger partial charge on any atom is 0.221 e. The lowest BCUT2D eigenvalue weighted by molar-refractivity contribution is -0.121. The number of likely N-dealkylation sites (tertiary alicyclic amines) is 1. The van der Waals surface area contributed by atoms with Crippen LogP contribution in [0.2, 0.25) is 0 Å². The van der Waals surface area contributed by atoms with E-state index in [9.17, 15) is 4.79 Å². The zero-order chi connectivity index (χ0) is 21.9. The van der Waals surface area contributed by atoms with Crippen LogP contribution in [0, 0.1) is 0 Å². The number of carbonyl (C=O) groups is 1. The van der Waals surface area contributed by atoms with Gasteiger partial charge in [-0.3, -0.25) is 14.7 Å². The Balaban J connectivity index is 0.00000363. The number of hydrogen-bond acceptors (Lipinski definition) is 4. The molecule has 8 heteroatoms. The quantitative estimate of drug-likeness (QED) is 0.246. The third kappa shape index (κ3) is 8.42. The van der Waals surface area contributed by atoms with E-state index in [0.717, 1.165) is 44.2 Å². The summed E-state index contributed by atoms with van der Waals surface area (Å²) < 4.78 is 5.43. The van der Waals surface area contributed by atoms with Crippen molar-refractivity contribution in [1.29, 1.82) is 0 Å². The summed E-state index contributed by atoms with van der Waals surface area (Å²) in [5.74, 6) is 1.74. The van der Waals surface area contributed by atoms with Crippen molar-refractivity contribution < 1.29 is 9.53 Å². The third-order valence-electron chi connectivity index (χ3n) is 6.36. The number of rotatable bonds is 9. The molecule has 1 heterocycles. The number of methoxy groups -OCH3 is 1. The van der Waals surface area contributed by atoms with Crippen LogP contribution in [0.4, 0.5) is 0 Å². The number of benzene rings is 1. The molecule has 1 aliphatic carbocycles. The summed E-state index contributed by atoms with van der Waals surface area (Å²) in [6, 6.07) is 8.94. The average molecular weight is 558 g/mol. The smallest absolute Gasteiger partial charge is 0.221 e. The summed E-state index contributed by atoms with van der Waals surface area (Å²) in [6.45, 7) is 3.54. The maximum atomic E-state index is 12.2. The van der Waals surface area contributed by atoms with E-state index in [2.05, 4.69) is 44.0 Å². The van der Waals surface area contributed by atoms with E-state index >= 15 is 0 Å². The second kappa shape index (κ2) is 14.6. The first-order chi connectivity index (χ1) is 15.2. The molecule has 7 nitrogen and oxygen atoms in total. The average Bonchev–Trinajstić information content (AvgIpc) is 3.33. The van der Waals surface area contributed by atoms with Crippen molar-refractivity contribution in [2.45, 2.75) is 63.5 Å². The maximum absolute atomic E-state index is 12.2. The fourth-order valence-corrected chi connectivity index (χ4v) is 4.61. The van der Waals surface area contributed by atoms with Gasteiger partial charge in [0.05, 0.1) is 13.2 Å². The van der Waals surface area contributed by atoms with E-state index in [1.54, 1.807) is 14.2 Å². The van der Waals surface area contributed by atoms with Crippen molar-refractivity contribution >= 4 is 35.8 Å². The molecule has 0 spiro atoms. The van der Waals surface area contributed by atoms with Gasteiger partial charge in [-0.05, 0) is 56.5 Å². The lowest BCUT2D eigenvalue weighted by Crippen LogP contribution is -2.44. The highest BCUT2D eigenvalue weighted by atomic mass is 127. The number of nitrogens with zero attached hydrogens (tertiary/aromatic N) is 2. The van der Waals surface area contributed by atoms with E-state index in [1.165, 1.54) is 37.7 Å². The Bertz CT molecular complexity index is 718. The summed E-state index contributed by atoms with van der Waals surface area (Å²) in [7, 11) is 3.48. The highest BCUT2D eigenvalue weighted by Gasteiger charge is 2.24. The van der Waals surface area contributed by atoms with Gasteiger partial charge in [0.15, 0.2) is 5.96 Å². The number of nitrogens with one attached hydrogen (secondary N) is 3. The Labute approximate surface area is 210 Å². The molecule has 1 aromatic rings. The monoisotopic (exact) mass is 557 g/mol. The summed E-state index contributed by atoms with van der Waals surface area (Å²) in [5.41, 5.74) is 1.25. The number of halogens is 1. The predicted octanol–water partition coefficient (Wildman–Crippen LogP) is 3.45. The van der Waals surface area contributed by atoms with Crippen molar-refractivity contribution in [2.24, 2.45) is 4.99 Å². The van der Waals surface area contributed by atoms with Crippen molar-refractivity contribution in [3.05, 3.63) is 29.8 Å². The Kier molecular flexibility index (Phi) is 12.2. The standard InChI is InChI=1S/C24H39N5O2.HI/c1-25-24(26-14-13-23(30)28-20-10-4-3-5-11-20)27-18-22(29-15-6-7-16-29)19-9-8-12-21(17-19)31-2;/h8-9,12,17,20,22H,3-7,10-11,13-16,18H2,1-2H3,(H,28,30)(H2,25,26,27);1H. The first-order valence-corrected chi connectivity index (χ1v) is 11.8. The van der Waals surface area contributed by atoms with Gasteiger partial charge < -0.3 is 20.7 Å². The molecule has 1 unspecified atom stereocenters. The van der Waals surface area contributed by atoms with Crippen LogP contribution in [0.5, 0.6) is 5.75 Å². The number of hydrogen-bond donors (Lipinski definition) is 3. The van der Waals surface area contributed by atoms with Crippen LogP contribution in [0.3, 0.4) is 0 Å². The summed E-state index contributed by atoms with van der Waals surface area (Å²) >= 11 is 0. The van der Waals surface area contributed by atoms with Gasteiger partial charge in [0.2, 0.25) is 5.91 Å². The molecule has 1 amide bonds. The Morgan fingerprint density at radius 2 is 1.91 bits per heavy atom. The van der Waals surface area contributed by atoms with Crippen LogP contribution in [0.15, 0.2) is 29.3 Å². The molecule has 2 aliphatic rings. The summed E-state index contributed by atoms with van der Waals surface area (Å²) in [4.78, 5) is 19.1. The predicted molar refractivity (Wildman–Crippen MR) is 141 cm³/mol. The minimum Gasteiger partial charge on any atom is -0.497 e. The van der Waals surface area contributed by atoms with E-state index in [1.807, 2.05) is 6.07 Å². The molecule has 180 valence electrons. The van der Waals surface area contributed by atoms with Gasteiger partial charge in [0.1, 0.15) is 5.75 Å². The molecule has 0 aromatic heterocycles. The Morgan fingerprint density at radius 1 is 1.16 bits per heavy atom. The fraction of sp³-hybridized carbons (Fsp3) is 0.667. The van der Waals surface area contributed by atoms with Crippen molar-refractivity contribution in [3.63, 3.8) is 0 Å². The van der Waals surface area contributed by atoms with Crippen LogP contribution in [0.1, 0.15) is 63.0 Å². The van der Waals surface area contributed by atoms with Crippen LogP contribution in [-0.2, 0) is 4.79 Å². The molecule has 1 saturated carbocycles. The van der Waals surface area contributed by atoms with Gasteiger partial charge in [-0.25, -0.2) is 0 Å². The van der Waals surface area contributed by atoms with Crippen molar-refractivity contribution in [3.8, 4) is 5.75 Å². The number of ether oxygens (including phenoxy) is 1. The zero-order valence-corrected chi connectivity index (χ0v) is 21.9. The lowest BCUT2D eigenvalue weighted by Gasteiger charge is -2.29. The molecule has 3 rings (SSSR count). The second-order valence-corrected chi connectivity index (χ2v) is 8.57. The zero-order valence-electron chi connectivity index (χ0n) is 19.6. The first kappa shape index (κ1) is 26.7. The topological polar surface area (TPSA) is 78.0 Å².